The molecule has 1 atom stereocenters. The summed E-state index contributed by atoms with van der Waals surface area (Å²) in [6, 6.07) is 0. The molecule has 2 heterocycles. The van der Waals surface area contributed by atoms with Crippen molar-refractivity contribution in [3.63, 3.8) is 0 Å². The van der Waals surface area contributed by atoms with Crippen molar-refractivity contribution in [2.45, 2.75) is 43.8 Å². The molecule has 3 fully saturated rings. The zero-order chi connectivity index (χ0) is 15.8. The number of amides is 1. The van der Waals surface area contributed by atoms with Crippen molar-refractivity contribution in [3.05, 3.63) is 0 Å². The van der Waals surface area contributed by atoms with Crippen molar-refractivity contribution in [3.8, 4) is 0 Å². The molecule has 1 unspecified atom stereocenters. The highest BCUT2D eigenvalue weighted by Gasteiger charge is 2.48. The van der Waals surface area contributed by atoms with Crippen LogP contribution in [-0.4, -0.2) is 68.7 Å². The average Bonchev–Trinajstić information content (AvgIpc) is 3.31. The number of sulfonamides is 1. The third-order valence-corrected chi connectivity index (χ3v) is 7.77. The predicted molar refractivity (Wildman–Crippen MR) is 82.9 cm³/mol. The smallest absolute Gasteiger partial charge is 0.228 e. The van der Waals surface area contributed by atoms with E-state index < -0.39 is 10.0 Å². The van der Waals surface area contributed by atoms with Gasteiger partial charge in [0.1, 0.15) is 0 Å². The average molecular weight is 330 g/mol. The minimum Gasteiger partial charge on any atom is -0.383 e. The van der Waals surface area contributed by atoms with E-state index in [1.807, 2.05) is 4.90 Å². The molecule has 7 heteroatoms. The molecule has 3 rings (SSSR count). The first-order valence-electron chi connectivity index (χ1n) is 8.27. The van der Waals surface area contributed by atoms with Crippen LogP contribution >= 0.6 is 0 Å². The normalized spacial score (nSPS) is 31.0. The molecule has 1 aliphatic carbocycles. The Morgan fingerprint density at radius 2 is 1.91 bits per heavy atom. The summed E-state index contributed by atoms with van der Waals surface area (Å²) in [6.07, 6.45) is 4.72. The number of nitrogens with zero attached hydrogens (tertiary/aromatic N) is 2. The molecule has 0 bridgehead atoms. The van der Waals surface area contributed by atoms with E-state index in [-0.39, 0.29) is 16.6 Å². The number of hydrogen-bond acceptors (Lipinski definition) is 4. The van der Waals surface area contributed by atoms with Crippen LogP contribution in [0.3, 0.4) is 0 Å². The molecule has 22 heavy (non-hydrogen) atoms. The minimum atomic E-state index is -3.12. The highest BCUT2D eigenvalue weighted by Crippen LogP contribution is 2.42. The molecule has 126 valence electrons. The standard InChI is InChI=1S/C15H26N2O4S/c1-21-12-11-16-9-6-15(14(16)18)5-2-8-17(10-7-15)22(19,20)13-3-4-13/h13H,2-12H2,1H3. The Hall–Kier alpha value is -0.660. The molecule has 0 N–H and O–H groups in total. The maximum atomic E-state index is 12.7. The second-order valence-corrected chi connectivity index (χ2v) is 9.03. The monoisotopic (exact) mass is 330 g/mol. The second-order valence-electron chi connectivity index (χ2n) is 6.81. The third kappa shape index (κ3) is 2.90. The summed E-state index contributed by atoms with van der Waals surface area (Å²) in [7, 11) is -1.47. The van der Waals surface area contributed by atoms with Crippen LogP contribution in [0.2, 0.25) is 0 Å². The van der Waals surface area contributed by atoms with Crippen molar-refractivity contribution in [2.24, 2.45) is 5.41 Å². The van der Waals surface area contributed by atoms with Gasteiger partial charge in [-0.15, -0.1) is 0 Å². The molecule has 1 amide bonds. The van der Waals surface area contributed by atoms with Gasteiger partial charge < -0.3 is 9.64 Å². The lowest BCUT2D eigenvalue weighted by Gasteiger charge is -2.26. The lowest BCUT2D eigenvalue weighted by atomic mass is 9.79. The van der Waals surface area contributed by atoms with Gasteiger partial charge in [0, 0.05) is 33.3 Å². The number of carbonyl (C=O) groups excluding carboxylic acids is 1. The first kappa shape index (κ1) is 16.2. The van der Waals surface area contributed by atoms with Crippen molar-refractivity contribution in [1.29, 1.82) is 0 Å². The zero-order valence-corrected chi connectivity index (χ0v) is 14.1. The van der Waals surface area contributed by atoms with E-state index in [1.54, 1.807) is 11.4 Å². The molecule has 6 nitrogen and oxygen atoms in total. The van der Waals surface area contributed by atoms with Gasteiger partial charge in [0.2, 0.25) is 15.9 Å². The van der Waals surface area contributed by atoms with Crippen molar-refractivity contribution in [2.75, 3.05) is 39.9 Å². The lowest BCUT2D eigenvalue weighted by molar-refractivity contribution is -0.137. The van der Waals surface area contributed by atoms with Crippen LogP contribution in [0, 0.1) is 5.41 Å². The Kier molecular flexibility index (Phi) is 4.49. The second kappa shape index (κ2) is 6.09. The summed E-state index contributed by atoms with van der Waals surface area (Å²) in [6.45, 7) is 3.05. The number of methoxy groups -OCH3 is 1. The molecule has 1 spiro atoms. The maximum Gasteiger partial charge on any atom is 0.228 e. The topological polar surface area (TPSA) is 66.9 Å². The van der Waals surface area contributed by atoms with Crippen LogP contribution in [0.1, 0.15) is 38.5 Å². The Morgan fingerprint density at radius 1 is 1.18 bits per heavy atom. The highest BCUT2D eigenvalue weighted by molar-refractivity contribution is 7.90. The summed E-state index contributed by atoms with van der Waals surface area (Å²) in [4.78, 5) is 14.6. The van der Waals surface area contributed by atoms with Crippen molar-refractivity contribution in [1.82, 2.24) is 9.21 Å². The quantitative estimate of drug-likeness (QED) is 0.749. The predicted octanol–water partition coefficient (Wildman–Crippen LogP) is 0.830. The molecular formula is C15H26N2O4S. The molecule has 2 saturated heterocycles. The number of ether oxygens (including phenoxy) is 1. The summed E-state index contributed by atoms with van der Waals surface area (Å²) >= 11 is 0. The number of likely N-dealkylation sites (tertiary alicyclic amines) is 1. The fourth-order valence-corrected chi connectivity index (χ4v) is 5.65. The van der Waals surface area contributed by atoms with Crippen molar-refractivity contribution < 1.29 is 17.9 Å². The number of carbonyl (C=O) groups is 1. The molecule has 0 aromatic carbocycles. The van der Waals surface area contributed by atoms with Gasteiger partial charge in [-0.25, -0.2) is 12.7 Å². The Morgan fingerprint density at radius 3 is 2.59 bits per heavy atom. The first-order chi connectivity index (χ1) is 10.5. The Bertz CT molecular complexity index is 532. The Labute approximate surface area is 132 Å². The van der Waals surface area contributed by atoms with Gasteiger partial charge in [0.05, 0.1) is 17.3 Å². The molecule has 0 aromatic heterocycles. The molecule has 1 saturated carbocycles. The van der Waals surface area contributed by atoms with E-state index in [4.69, 9.17) is 4.74 Å². The maximum absolute atomic E-state index is 12.7. The van der Waals surface area contributed by atoms with E-state index in [2.05, 4.69) is 0 Å². The molecule has 0 radical (unpaired) electrons. The van der Waals surface area contributed by atoms with Crippen LogP contribution in [0.25, 0.3) is 0 Å². The fraction of sp³-hybridized carbons (Fsp3) is 0.933. The summed E-state index contributed by atoms with van der Waals surface area (Å²) < 4.78 is 31.5. The van der Waals surface area contributed by atoms with Crippen LogP contribution in [0.15, 0.2) is 0 Å². The largest absolute Gasteiger partial charge is 0.383 e. The Balaban J connectivity index is 1.66. The van der Waals surface area contributed by atoms with E-state index >= 15 is 0 Å². The first-order valence-corrected chi connectivity index (χ1v) is 9.77. The van der Waals surface area contributed by atoms with E-state index in [1.165, 1.54) is 0 Å². The van der Waals surface area contributed by atoms with Crippen LogP contribution in [0.5, 0.6) is 0 Å². The lowest BCUT2D eigenvalue weighted by Crippen LogP contribution is -2.38. The molecular weight excluding hydrogens is 304 g/mol. The van der Waals surface area contributed by atoms with Gasteiger partial charge in [0.25, 0.3) is 0 Å². The van der Waals surface area contributed by atoms with Gasteiger partial charge in [-0.05, 0) is 38.5 Å². The highest BCUT2D eigenvalue weighted by atomic mass is 32.2. The van der Waals surface area contributed by atoms with E-state index in [0.717, 1.165) is 38.6 Å². The minimum absolute atomic E-state index is 0.154. The van der Waals surface area contributed by atoms with Gasteiger partial charge in [-0.1, -0.05) is 0 Å². The summed E-state index contributed by atoms with van der Waals surface area (Å²) in [5.74, 6) is 0.204. The SMILES string of the molecule is COCCN1CCC2(CCCN(S(=O)(=O)C3CC3)CC2)C1=O. The van der Waals surface area contributed by atoms with Crippen molar-refractivity contribution >= 4 is 15.9 Å². The zero-order valence-electron chi connectivity index (χ0n) is 13.3. The number of hydrogen-bond donors (Lipinski definition) is 0. The fourth-order valence-electron chi connectivity index (χ4n) is 3.77. The van der Waals surface area contributed by atoms with Crippen LogP contribution in [-0.2, 0) is 19.6 Å². The number of rotatable bonds is 5. The van der Waals surface area contributed by atoms with Gasteiger partial charge in [-0.3, -0.25) is 4.79 Å². The summed E-state index contributed by atoms with van der Waals surface area (Å²) in [5, 5.41) is -0.154. The molecule has 2 aliphatic heterocycles. The molecule has 3 aliphatic rings. The van der Waals surface area contributed by atoms with E-state index in [0.29, 0.717) is 32.7 Å². The van der Waals surface area contributed by atoms with Crippen LogP contribution < -0.4 is 0 Å². The van der Waals surface area contributed by atoms with Gasteiger partial charge >= 0.3 is 0 Å². The molecule has 0 aromatic rings. The summed E-state index contributed by atoms with van der Waals surface area (Å²) in [5.41, 5.74) is -0.332. The van der Waals surface area contributed by atoms with E-state index in [9.17, 15) is 13.2 Å². The van der Waals surface area contributed by atoms with Gasteiger partial charge in [-0.2, -0.15) is 0 Å². The van der Waals surface area contributed by atoms with Crippen LogP contribution in [0.4, 0.5) is 0 Å². The third-order valence-electron chi connectivity index (χ3n) is 5.37. The van der Waals surface area contributed by atoms with Gasteiger partial charge in [0.15, 0.2) is 0 Å².